The van der Waals surface area contributed by atoms with E-state index in [1.165, 1.54) is 12.1 Å². The van der Waals surface area contributed by atoms with Gasteiger partial charge in [0.15, 0.2) is 5.17 Å². The molecule has 0 N–H and O–H groups in total. The number of amidine groups is 1. The van der Waals surface area contributed by atoms with E-state index in [1.54, 1.807) is 23.9 Å². The summed E-state index contributed by atoms with van der Waals surface area (Å²) in [5.74, 6) is 0. The zero-order chi connectivity index (χ0) is 14.3. The van der Waals surface area contributed by atoms with Gasteiger partial charge in [0, 0.05) is 32.3 Å². The van der Waals surface area contributed by atoms with Crippen molar-refractivity contribution in [2.24, 2.45) is 4.99 Å². The molecule has 0 aliphatic carbocycles. The van der Waals surface area contributed by atoms with Gasteiger partial charge in [0.25, 0.3) is 5.69 Å². The maximum atomic E-state index is 10.6. The molecule has 1 aromatic rings. The summed E-state index contributed by atoms with van der Waals surface area (Å²) in [4.78, 5) is 16.8. The van der Waals surface area contributed by atoms with E-state index in [4.69, 9.17) is 0 Å². The Morgan fingerprint density at radius 2 is 2.05 bits per heavy atom. The molecule has 0 aliphatic heterocycles. The van der Waals surface area contributed by atoms with Gasteiger partial charge in [0.2, 0.25) is 0 Å². The lowest BCUT2D eigenvalue weighted by molar-refractivity contribution is -0.384. The summed E-state index contributed by atoms with van der Waals surface area (Å²) in [6.07, 6.45) is 3.02. The maximum absolute atomic E-state index is 10.6. The van der Waals surface area contributed by atoms with Gasteiger partial charge in [-0.05, 0) is 18.2 Å². The van der Waals surface area contributed by atoms with Crippen LogP contribution in [0.5, 0.6) is 0 Å². The molecule has 0 aromatic heterocycles. The Hall–Kier alpha value is -1.56. The van der Waals surface area contributed by atoms with Crippen LogP contribution in [0.2, 0.25) is 0 Å². The van der Waals surface area contributed by atoms with Gasteiger partial charge in [-0.3, -0.25) is 15.1 Å². The molecule has 0 amide bonds. The first-order valence-electron chi connectivity index (χ1n) is 6.11. The Bertz CT molecular complexity index is 446. The first-order chi connectivity index (χ1) is 9.08. The van der Waals surface area contributed by atoms with Gasteiger partial charge in [-0.25, -0.2) is 0 Å². The minimum atomic E-state index is -0.385. The van der Waals surface area contributed by atoms with Crippen molar-refractivity contribution in [2.45, 2.75) is 19.9 Å². The molecule has 0 bridgehead atoms. The van der Waals surface area contributed by atoms with Gasteiger partial charge >= 0.3 is 0 Å². The van der Waals surface area contributed by atoms with Crippen molar-refractivity contribution in [3.63, 3.8) is 0 Å². The number of non-ortho nitro benzene ring substituents is 1. The Balaban J connectivity index is 2.70. The third-order valence-electron chi connectivity index (χ3n) is 2.55. The molecule has 0 atom stereocenters. The molecule has 0 heterocycles. The first kappa shape index (κ1) is 15.5. The highest BCUT2D eigenvalue weighted by Crippen LogP contribution is 2.14. The molecule has 0 radical (unpaired) electrons. The second-order valence-corrected chi connectivity index (χ2v) is 4.92. The fourth-order valence-corrected chi connectivity index (χ4v) is 2.21. The lowest BCUT2D eigenvalue weighted by atomic mass is 10.2. The summed E-state index contributed by atoms with van der Waals surface area (Å²) in [5.41, 5.74) is 1.16. The summed E-state index contributed by atoms with van der Waals surface area (Å²) >= 11 is 1.61. The van der Waals surface area contributed by atoms with E-state index in [0.717, 1.165) is 23.7 Å². The highest BCUT2D eigenvalue weighted by Gasteiger charge is 2.08. The summed E-state index contributed by atoms with van der Waals surface area (Å²) < 4.78 is 0. The van der Waals surface area contributed by atoms with Gasteiger partial charge in [0.1, 0.15) is 0 Å². The normalized spacial score (nSPS) is 11.4. The number of nitro groups is 1. The van der Waals surface area contributed by atoms with Crippen LogP contribution in [0.4, 0.5) is 5.69 Å². The highest BCUT2D eigenvalue weighted by molar-refractivity contribution is 8.13. The topological polar surface area (TPSA) is 58.7 Å². The van der Waals surface area contributed by atoms with Gasteiger partial charge in [-0.2, -0.15) is 0 Å². The Morgan fingerprint density at radius 1 is 1.42 bits per heavy atom. The summed E-state index contributed by atoms with van der Waals surface area (Å²) in [6.45, 7) is 3.61. The van der Waals surface area contributed by atoms with Crippen molar-refractivity contribution in [1.29, 1.82) is 0 Å². The molecule has 0 aliphatic rings. The Labute approximate surface area is 117 Å². The largest absolute Gasteiger partial charge is 0.350 e. The monoisotopic (exact) mass is 281 g/mol. The number of nitro benzene ring substituents is 1. The van der Waals surface area contributed by atoms with E-state index >= 15 is 0 Å². The van der Waals surface area contributed by atoms with Crippen LogP contribution in [-0.2, 0) is 6.54 Å². The molecular weight excluding hydrogens is 262 g/mol. The van der Waals surface area contributed by atoms with Crippen LogP contribution in [0.1, 0.15) is 18.9 Å². The quantitative estimate of drug-likeness (QED) is 0.360. The predicted molar refractivity (Wildman–Crippen MR) is 80.7 cm³/mol. The molecule has 1 rings (SSSR count). The number of benzene rings is 1. The molecule has 5 nitrogen and oxygen atoms in total. The lowest BCUT2D eigenvalue weighted by Crippen LogP contribution is -2.23. The molecule has 6 heteroatoms. The smallest absolute Gasteiger partial charge is 0.269 e. The van der Waals surface area contributed by atoms with E-state index in [0.29, 0.717) is 6.54 Å². The standard InChI is InChI=1S/C13H19N3O2S/c1-4-9-14-13(19-3)15(2)10-11-5-7-12(8-6-11)16(17)18/h5-8H,4,9-10H2,1-3H3. The zero-order valence-electron chi connectivity index (χ0n) is 11.5. The van der Waals surface area contributed by atoms with Gasteiger partial charge < -0.3 is 4.90 Å². The Kier molecular flexibility index (Phi) is 6.35. The molecule has 104 valence electrons. The fourth-order valence-electron chi connectivity index (χ4n) is 1.61. The van der Waals surface area contributed by atoms with Crippen LogP contribution in [0.25, 0.3) is 0 Å². The van der Waals surface area contributed by atoms with E-state index in [2.05, 4.69) is 16.8 Å². The van der Waals surface area contributed by atoms with E-state index in [-0.39, 0.29) is 10.6 Å². The molecule has 0 saturated heterocycles. The molecule has 1 aromatic carbocycles. The maximum Gasteiger partial charge on any atom is 0.269 e. The van der Waals surface area contributed by atoms with Crippen molar-refractivity contribution < 1.29 is 4.92 Å². The third kappa shape index (κ3) is 4.90. The molecule has 0 spiro atoms. The lowest BCUT2D eigenvalue weighted by Gasteiger charge is -2.19. The predicted octanol–water partition coefficient (Wildman–Crippen LogP) is 3.16. The molecule has 19 heavy (non-hydrogen) atoms. The number of rotatable bonds is 5. The van der Waals surface area contributed by atoms with E-state index in [1.807, 2.05) is 13.3 Å². The average Bonchev–Trinajstić information content (AvgIpc) is 2.40. The average molecular weight is 281 g/mol. The number of hydrogen-bond donors (Lipinski definition) is 0. The minimum Gasteiger partial charge on any atom is -0.350 e. The highest BCUT2D eigenvalue weighted by atomic mass is 32.2. The molecule has 0 fully saturated rings. The molecule has 0 unspecified atom stereocenters. The number of thioether (sulfide) groups is 1. The third-order valence-corrected chi connectivity index (χ3v) is 3.35. The first-order valence-corrected chi connectivity index (χ1v) is 7.33. The van der Waals surface area contributed by atoms with Crippen molar-refractivity contribution >= 4 is 22.6 Å². The minimum absolute atomic E-state index is 0.121. The van der Waals surface area contributed by atoms with Gasteiger partial charge in [-0.15, -0.1) is 0 Å². The number of hydrogen-bond acceptors (Lipinski definition) is 4. The van der Waals surface area contributed by atoms with Crippen LogP contribution in [0.3, 0.4) is 0 Å². The molecule has 0 saturated carbocycles. The molecular formula is C13H19N3O2S. The van der Waals surface area contributed by atoms with Crippen molar-refractivity contribution in [3.05, 3.63) is 39.9 Å². The van der Waals surface area contributed by atoms with Crippen LogP contribution in [-0.4, -0.2) is 34.8 Å². The Morgan fingerprint density at radius 3 is 2.53 bits per heavy atom. The van der Waals surface area contributed by atoms with Crippen molar-refractivity contribution in [2.75, 3.05) is 19.8 Å². The van der Waals surface area contributed by atoms with Crippen molar-refractivity contribution in [1.82, 2.24) is 4.90 Å². The van der Waals surface area contributed by atoms with Crippen LogP contribution in [0.15, 0.2) is 29.3 Å². The van der Waals surface area contributed by atoms with Gasteiger partial charge in [-0.1, -0.05) is 30.8 Å². The summed E-state index contributed by atoms with van der Waals surface area (Å²) in [6, 6.07) is 6.63. The number of nitrogens with zero attached hydrogens (tertiary/aromatic N) is 3. The second-order valence-electron chi connectivity index (χ2n) is 4.15. The number of aliphatic imine (C=N–C) groups is 1. The van der Waals surface area contributed by atoms with Crippen LogP contribution < -0.4 is 0 Å². The van der Waals surface area contributed by atoms with Crippen LogP contribution >= 0.6 is 11.8 Å². The second kappa shape index (κ2) is 7.78. The van der Waals surface area contributed by atoms with E-state index < -0.39 is 0 Å². The SMILES string of the molecule is CCCN=C(SC)N(C)Cc1ccc([N+](=O)[O-])cc1. The van der Waals surface area contributed by atoms with Crippen molar-refractivity contribution in [3.8, 4) is 0 Å². The summed E-state index contributed by atoms with van der Waals surface area (Å²) in [7, 11) is 1.98. The summed E-state index contributed by atoms with van der Waals surface area (Å²) in [5, 5.41) is 11.6. The van der Waals surface area contributed by atoms with Crippen LogP contribution in [0, 0.1) is 10.1 Å². The van der Waals surface area contributed by atoms with Gasteiger partial charge in [0.05, 0.1) is 4.92 Å². The zero-order valence-corrected chi connectivity index (χ0v) is 12.3. The van der Waals surface area contributed by atoms with E-state index in [9.17, 15) is 10.1 Å². The fraction of sp³-hybridized carbons (Fsp3) is 0.462.